The van der Waals surface area contributed by atoms with Gasteiger partial charge in [0, 0.05) is 18.5 Å². The largest absolute Gasteiger partial charge is 0.507 e. The Morgan fingerprint density at radius 1 is 1.15 bits per heavy atom. The van der Waals surface area contributed by atoms with Gasteiger partial charge in [-0.3, -0.25) is 28.9 Å². The second-order valence-corrected chi connectivity index (χ2v) is 11.9. The molecular weight excluding hydrogens is 547 g/mol. The number of rotatable bonds is 5. The molecule has 41 heavy (non-hydrogen) atoms. The number of likely N-dealkylation sites (N-methyl/N-ethyl adjacent to an activating group) is 1. The molecule has 0 bridgehead atoms. The fourth-order valence-electron chi connectivity index (χ4n) is 7.62. The average molecular weight is 580 g/mol. The van der Waals surface area contributed by atoms with Crippen LogP contribution in [0.3, 0.4) is 0 Å². The first kappa shape index (κ1) is 29.3. The minimum atomic E-state index is -4.89. The number of aromatic hydroxyl groups is 1. The Labute approximate surface area is 233 Å². The Kier molecular flexibility index (Phi) is 7.14. The number of primary amides is 1. The number of phenols is 1. The first-order chi connectivity index (χ1) is 19.1. The van der Waals surface area contributed by atoms with Gasteiger partial charge in [-0.1, -0.05) is 12.8 Å². The number of hydrogen-bond acceptors (Lipinski definition) is 9. The van der Waals surface area contributed by atoms with Crippen molar-refractivity contribution >= 4 is 29.0 Å². The van der Waals surface area contributed by atoms with Crippen molar-refractivity contribution in [3.63, 3.8) is 0 Å². The maximum atomic E-state index is 14.5. The van der Waals surface area contributed by atoms with E-state index in [9.17, 15) is 47.4 Å². The van der Waals surface area contributed by atoms with Crippen molar-refractivity contribution in [2.24, 2.45) is 29.4 Å². The van der Waals surface area contributed by atoms with Crippen molar-refractivity contribution in [1.29, 1.82) is 0 Å². The smallest absolute Gasteiger partial charge is 0.417 e. The lowest BCUT2D eigenvalue weighted by Crippen LogP contribution is -2.74. The van der Waals surface area contributed by atoms with E-state index in [2.05, 4.69) is 5.32 Å². The first-order valence-electron chi connectivity index (χ1n) is 13.6. The summed E-state index contributed by atoms with van der Waals surface area (Å²) in [7, 11) is 2.86. The minimum absolute atomic E-state index is 0.0301. The molecule has 13 heteroatoms. The maximum absolute atomic E-state index is 14.5. The predicted molar refractivity (Wildman–Crippen MR) is 135 cm³/mol. The monoisotopic (exact) mass is 579 g/mol. The van der Waals surface area contributed by atoms with Crippen LogP contribution in [0.1, 0.15) is 59.2 Å². The minimum Gasteiger partial charge on any atom is -0.507 e. The number of nitrogens with one attached hydrogen (secondary N) is 1. The van der Waals surface area contributed by atoms with Gasteiger partial charge < -0.3 is 21.3 Å². The number of halogens is 3. The third-order valence-electron chi connectivity index (χ3n) is 9.37. The summed E-state index contributed by atoms with van der Waals surface area (Å²) in [5.41, 5.74) is -0.0777. The molecule has 6 atom stereocenters. The molecule has 1 amide bonds. The van der Waals surface area contributed by atoms with Crippen molar-refractivity contribution < 1.29 is 47.4 Å². The van der Waals surface area contributed by atoms with Crippen LogP contribution in [0.15, 0.2) is 6.07 Å². The summed E-state index contributed by atoms with van der Waals surface area (Å²) in [6.07, 6.45) is -2.14. The molecule has 0 spiro atoms. The number of aliphatic hydroxyl groups is 1. The molecule has 0 radical (unpaired) electrons. The predicted octanol–water partition coefficient (Wildman–Crippen LogP) is 0.918. The molecule has 1 aromatic rings. The van der Waals surface area contributed by atoms with Crippen LogP contribution in [0.5, 0.6) is 5.75 Å². The van der Waals surface area contributed by atoms with Gasteiger partial charge in [0.25, 0.3) is 0 Å². The van der Waals surface area contributed by atoms with Gasteiger partial charge in [0.15, 0.2) is 34.7 Å². The molecule has 0 aromatic heterocycles. The molecule has 10 nitrogen and oxygen atoms in total. The van der Waals surface area contributed by atoms with Crippen LogP contribution in [0.4, 0.5) is 13.2 Å². The highest BCUT2D eigenvalue weighted by molar-refractivity contribution is 6.32. The number of alkyl halides is 3. The molecule has 5 N–H and O–H groups in total. The third-order valence-corrected chi connectivity index (χ3v) is 9.37. The van der Waals surface area contributed by atoms with Gasteiger partial charge in [-0.2, -0.15) is 13.2 Å². The van der Waals surface area contributed by atoms with Crippen LogP contribution in [0.25, 0.3) is 0 Å². The molecule has 0 aliphatic heterocycles. The average Bonchev–Trinajstić information content (AvgIpc) is 3.37. The fourth-order valence-corrected chi connectivity index (χ4v) is 7.62. The zero-order valence-corrected chi connectivity index (χ0v) is 22.6. The number of hydrogen-bond donors (Lipinski definition) is 4. The SMILES string of the molecule is CN(C)[C@@H]1C(=O)C(C(N)=O)C(=O)[C@@]2(O)C(=O)C3C(=O)c4c(O)cc(CNC5CCCC5)c(C(F)(F)F)c4C[C@H]3C[C@@H]12. The maximum Gasteiger partial charge on any atom is 0.417 e. The van der Waals surface area contributed by atoms with Gasteiger partial charge in [0.1, 0.15) is 5.75 Å². The number of carbonyl (C=O) groups excluding carboxylic acids is 5. The topological polar surface area (TPSA) is 167 Å². The molecule has 4 aliphatic rings. The van der Waals surface area contributed by atoms with E-state index in [4.69, 9.17) is 5.73 Å². The van der Waals surface area contributed by atoms with Gasteiger partial charge >= 0.3 is 6.18 Å². The number of amides is 1. The Bertz CT molecular complexity index is 1350. The standard InChI is InChI=1S/C28H32F3N3O7/c1-34(2)21-15-8-11-7-14-18(16(35)9-12(20(14)28(29,30)31)10-33-13-5-3-4-6-13)22(36)17(11)24(38)27(15,41)25(39)19(23(21)37)26(32)40/h9,11,13,15,17,19,21,33,35,41H,3-8,10H2,1-2H3,(H2,32,40)/t11-,15-,17?,19?,21-,27-/m0/s1. The van der Waals surface area contributed by atoms with Crippen molar-refractivity contribution in [3.05, 3.63) is 28.3 Å². The molecule has 1 aromatic carbocycles. The van der Waals surface area contributed by atoms with E-state index in [1.54, 1.807) is 0 Å². The molecule has 3 saturated carbocycles. The normalized spacial score (nSPS) is 32.2. The van der Waals surface area contributed by atoms with Crippen LogP contribution in [0.2, 0.25) is 0 Å². The van der Waals surface area contributed by atoms with E-state index in [0.29, 0.717) is 0 Å². The number of Topliss-reactive ketones (excluding diaryl/α,β-unsaturated/α-hetero) is 4. The van der Waals surface area contributed by atoms with Crippen molar-refractivity contribution in [2.45, 2.75) is 68.9 Å². The van der Waals surface area contributed by atoms with Gasteiger partial charge in [0.05, 0.1) is 23.1 Å². The lowest BCUT2D eigenvalue weighted by Gasteiger charge is -2.52. The van der Waals surface area contributed by atoms with Gasteiger partial charge in [-0.05, 0) is 62.9 Å². The van der Waals surface area contributed by atoms with E-state index in [1.807, 2.05) is 0 Å². The number of fused-ring (bicyclic) bond motifs is 3. The lowest BCUT2D eigenvalue weighted by molar-refractivity contribution is -0.181. The zero-order valence-electron chi connectivity index (χ0n) is 22.6. The van der Waals surface area contributed by atoms with Gasteiger partial charge in [-0.25, -0.2) is 0 Å². The number of nitrogens with zero attached hydrogens (tertiary/aromatic N) is 1. The fraction of sp³-hybridized carbons (Fsp3) is 0.607. The van der Waals surface area contributed by atoms with Crippen LogP contribution >= 0.6 is 0 Å². The molecule has 5 rings (SSSR count). The number of nitrogens with two attached hydrogens (primary N) is 1. The summed E-state index contributed by atoms with van der Waals surface area (Å²) in [4.78, 5) is 67.3. The van der Waals surface area contributed by atoms with Crippen LogP contribution in [0, 0.1) is 23.7 Å². The Morgan fingerprint density at radius 2 is 1.78 bits per heavy atom. The molecule has 4 aliphatic carbocycles. The molecular formula is C28H32F3N3O7. The second kappa shape index (κ2) is 9.99. The second-order valence-electron chi connectivity index (χ2n) is 11.9. The quantitative estimate of drug-likeness (QED) is 0.371. The van der Waals surface area contributed by atoms with E-state index < -0.39 is 99.4 Å². The zero-order chi connectivity index (χ0) is 30.2. The summed E-state index contributed by atoms with van der Waals surface area (Å²) in [6.45, 7) is -0.190. The van der Waals surface area contributed by atoms with Crippen LogP contribution in [-0.4, -0.2) is 75.9 Å². The highest BCUT2D eigenvalue weighted by Gasteiger charge is 2.69. The Balaban J connectivity index is 1.61. The first-order valence-corrected chi connectivity index (χ1v) is 13.6. The number of benzene rings is 1. The van der Waals surface area contributed by atoms with Gasteiger partial charge in [-0.15, -0.1) is 0 Å². The highest BCUT2D eigenvalue weighted by Crippen LogP contribution is 2.52. The molecule has 222 valence electrons. The third kappa shape index (κ3) is 4.40. The summed E-state index contributed by atoms with van der Waals surface area (Å²) in [5.74, 6) is -13.3. The van der Waals surface area contributed by atoms with E-state index in [-0.39, 0.29) is 24.6 Å². The molecule has 2 unspecified atom stereocenters. The van der Waals surface area contributed by atoms with Gasteiger partial charge in [0.2, 0.25) is 5.91 Å². The molecule has 0 heterocycles. The van der Waals surface area contributed by atoms with E-state index in [1.165, 1.54) is 19.0 Å². The summed E-state index contributed by atoms with van der Waals surface area (Å²) in [5, 5.41) is 25.5. The van der Waals surface area contributed by atoms with Crippen LogP contribution < -0.4 is 11.1 Å². The van der Waals surface area contributed by atoms with Crippen molar-refractivity contribution in [3.8, 4) is 5.75 Å². The van der Waals surface area contributed by atoms with E-state index >= 15 is 0 Å². The van der Waals surface area contributed by atoms with E-state index in [0.717, 1.165) is 31.7 Å². The van der Waals surface area contributed by atoms with Crippen molar-refractivity contribution in [2.75, 3.05) is 14.1 Å². The number of carbonyl (C=O) groups is 5. The molecule has 3 fully saturated rings. The number of ketones is 4. The summed E-state index contributed by atoms with van der Waals surface area (Å²) >= 11 is 0. The Morgan fingerprint density at radius 3 is 2.34 bits per heavy atom. The summed E-state index contributed by atoms with van der Waals surface area (Å²) < 4.78 is 43.6. The lowest BCUT2D eigenvalue weighted by atomic mass is 9.52. The Hall–Kier alpha value is -3.16. The van der Waals surface area contributed by atoms with Crippen LogP contribution in [-0.2, 0) is 38.3 Å². The highest BCUT2D eigenvalue weighted by atomic mass is 19.4. The molecule has 0 saturated heterocycles. The van der Waals surface area contributed by atoms with Crippen molar-refractivity contribution in [1.82, 2.24) is 10.2 Å². The summed E-state index contributed by atoms with van der Waals surface area (Å²) in [6, 6.07) is -0.432. The number of phenolic OH excluding ortho intramolecular Hbond substituents is 1.